The van der Waals surface area contributed by atoms with Crippen molar-refractivity contribution in [3.05, 3.63) is 63.2 Å². The van der Waals surface area contributed by atoms with Gasteiger partial charge in [-0.1, -0.05) is 24.3 Å². The average molecular weight is 422 g/mol. The number of nitrogens with zero attached hydrogens (tertiary/aromatic N) is 1. The summed E-state index contributed by atoms with van der Waals surface area (Å²) in [6.07, 6.45) is 0. The van der Waals surface area contributed by atoms with Crippen molar-refractivity contribution in [3.8, 4) is 0 Å². The highest BCUT2D eigenvalue weighted by Crippen LogP contribution is 2.16. The number of ether oxygens (including phenoxy) is 1. The molecule has 2 aromatic carbocycles. The molecular formula is C18H19IN2O2. The number of carbonyl (C=O) groups is 1. The topological polar surface area (TPSA) is 41.6 Å². The van der Waals surface area contributed by atoms with Crippen molar-refractivity contribution >= 4 is 34.2 Å². The van der Waals surface area contributed by atoms with E-state index < -0.39 is 0 Å². The molecule has 0 saturated carbocycles. The monoisotopic (exact) mass is 422 g/mol. The van der Waals surface area contributed by atoms with Gasteiger partial charge in [0, 0.05) is 28.9 Å². The summed E-state index contributed by atoms with van der Waals surface area (Å²) in [5.74, 6) is -0.0732. The molecule has 1 aliphatic heterocycles. The lowest BCUT2D eigenvalue weighted by molar-refractivity contribution is 0.0342. The molecule has 1 saturated heterocycles. The Labute approximate surface area is 150 Å². The average Bonchev–Trinajstić information content (AvgIpc) is 2.58. The van der Waals surface area contributed by atoms with Crippen LogP contribution in [0.4, 0.5) is 5.69 Å². The third-order valence-electron chi connectivity index (χ3n) is 3.84. The molecule has 0 radical (unpaired) electrons. The molecule has 1 amide bonds. The summed E-state index contributed by atoms with van der Waals surface area (Å²) in [6, 6.07) is 15.6. The number of amides is 1. The molecule has 5 heteroatoms. The SMILES string of the molecule is O=C(Nc1ccc(CN2CCOCC2)cc1)c1ccccc1I. The minimum atomic E-state index is -0.0732. The van der Waals surface area contributed by atoms with Gasteiger partial charge >= 0.3 is 0 Å². The number of hydrogen-bond donors (Lipinski definition) is 1. The molecule has 1 fully saturated rings. The van der Waals surface area contributed by atoms with E-state index in [-0.39, 0.29) is 5.91 Å². The maximum absolute atomic E-state index is 12.3. The molecule has 23 heavy (non-hydrogen) atoms. The molecule has 0 aromatic heterocycles. The maximum atomic E-state index is 12.3. The van der Waals surface area contributed by atoms with Gasteiger partial charge in [-0.25, -0.2) is 0 Å². The minimum absolute atomic E-state index is 0.0732. The van der Waals surface area contributed by atoms with Crippen molar-refractivity contribution in [2.24, 2.45) is 0 Å². The van der Waals surface area contributed by atoms with E-state index in [1.54, 1.807) is 0 Å². The van der Waals surface area contributed by atoms with Crippen LogP contribution in [-0.2, 0) is 11.3 Å². The standard InChI is InChI=1S/C18H19IN2O2/c19-17-4-2-1-3-16(17)18(22)20-15-7-5-14(6-8-15)13-21-9-11-23-12-10-21/h1-8H,9-13H2,(H,20,22). The van der Waals surface area contributed by atoms with Crippen molar-refractivity contribution in [1.82, 2.24) is 4.90 Å². The van der Waals surface area contributed by atoms with E-state index in [4.69, 9.17) is 4.74 Å². The number of hydrogen-bond acceptors (Lipinski definition) is 3. The van der Waals surface area contributed by atoms with E-state index in [1.165, 1.54) is 5.56 Å². The van der Waals surface area contributed by atoms with Gasteiger partial charge in [0.15, 0.2) is 0 Å². The molecule has 1 heterocycles. The Kier molecular flexibility index (Phi) is 5.64. The van der Waals surface area contributed by atoms with Crippen LogP contribution in [0.5, 0.6) is 0 Å². The van der Waals surface area contributed by atoms with Gasteiger partial charge in [-0.3, -0.25) is 9.69 Å². The minimum Gasteiger partial charge on any atom is -0.379 e. The van der Waals surface area contributed by atoms with Gasteiger partial charge in [-0.2, -0.15) is 0 Å². The zero-order valence-electron chi connectivity index (χ0n) is 12.8. The van der Waals surface area contributed by atoms with Crippen molar-refractivity contribution in [2.45, 2.75) is 6.54 Å². The summed E-state index contributed by atoms with van der Waals surface area (Å²) in [4.78, 5) is 14.7. The molecule has 0 unspecified atom stereocenters. The van der Waals surface area contributed by atoms with Crippen LogP contribution in [0.3, 0.4) is 0 Å². The lowest BCUT2D eigenvalue weighted by Crippen LogP contribution is -2.35. The number of rotatable bonds is 4. The third kappa shape index (κ3) is 4.53. The number of halogens is 1. The first-order valence-corrected chi connectivity index (χ1v) is 8.75. The predicted molar refractivity (Wildman–Crippen MR) is 99.7 cm³/mol. The molecule has 1 N–H and O–H groups in total. The second-order valence-corrected chi connectivity index (χ2v) is 6.68. The number of morpholine rings is 1. The molecule has 3 rings (SSSR count). The van der Waals surface area contributed by atoms with Gasteiger partial charge in [0.1, 0.15) is 0 Å². The van der Waals surface area contributed by atoms with Gasteiger partial charge in [0.2, 0.25) is 0 Å². The van der Waals surface area contributed by atoms with Gasteiger partial charge in [-0.15, -0.1) is 0 Å². The lowest BCUT2D eigenvalue weighted by atomic mass is 10.1. The normalized spacial score (nSPS) is 15.3. The van der Waals surface area contributed by atoms with Crippen molar-refractivity contribution in [2.75, 3.05) is 31.6 Å². The van der Waals surface area contributed by atoms with E-state index >= 15 is 0 Å². The first kappa shape index (κ1) is 16.4. The van der Waals surface area contributed by atoms with Crippen LogP contribution in [0.25, 0.3) is 0 Å². The first-order chi connectivity index (χ1) is 11.2. The van der Waals surface area contributed by atoms with E-state index in [0.717, 1.165) is 42.1 Å². The van der Waals surface area contributed by atoms with Crippen LogP contribution >= 0.6 is 22.6 Å². The van der Waals surface area contributed by atoms with Crippen LogP contribution in [0, 0.1) is 3.57 Å². The smallest absolute Gasteiger partial charge is 0.256 e. The van der Waals surface area contributed by atoms with Crippen molar-refractivity contribution in [1.29, 1.82) is 0 Å². The maximum Gasteiger partial charge on any atom is 0.256 e. The van der Waals surface area contributed by atoms with Gasteiger partial charge in [-0.05, 0) is 52.4 Å². The summed E-state index contributed by atoms with van der Waals surface area (Å²) >= 11 is 2.18. The van der Waals surface area contributed by atoms with Crippen LogP contribution in [-0.4, -0.2) is 37.1 Å². The second kappa shape index (κ2) is 7.90. The van der Waals surface area contributed by atoms with Crippen LogP contribution in [0.2, 0.25) is 0 Å². The van der Waals surface area contributed by atoms with E-state index in [9.17, 15) is 4.79 Å². The Morgan fingerprint density at radius 1 is 1.09 bits per heavy atom. The van der Waals surface area contributed by atoms with Crippen LogP contribution in [0.1, 0.15) is 15.9 Å². The highest BCUT2D eigenvalue weighted by Gasteiger charge is 2.11. The summed E-state index contributed by atoms with van der Waals surface area (Å²) in [5, 5.41) is 2.95. The summed E-state index contributed by atoms with van der Waals surface area (Å²) in [5.41, 5.74) is 2.77. The quantitative estimate of drug-likeness (QED) is 0.769. The Morgan fingerprint density at radius 3 is 2.48 bits per heavy atom. The second-order valence-electron chi connectivity index (χ2n) is 5.52. The predicted octanol–water partition coefficient (Wildman–Crippen LogP) is 3.38. The Hall–Kier alpha value is -1.44. The molecule has 120 valence electrons. The fourth-order valence-corrected chi connectivity index (χ4v) is 3.19. The van der Waals surface area contributed by atoms with Crippen molar-refractivity contribution < 1.29 is 9.53 Å². The molecule has 0 bridgehead atoms. The number of anilines is 1. The largest absolute Gasteiger partial charge is 0.379 e. The zero-order chi connectivity index (χ0) is 16.1. The Bertz CT molecular complexity index is 667. The summed E-state index contributed by atoms with van der Waals surface area (Å²) in [6.45, 7) is 4.50. The first-order valence-electron chi connectivity index (χ1n) is 7.67. The van der Waals surface area contributed by atoms with Crippen molar-refractivity contribution in [3.63, 3.8) is 0 Å². The highest BCUT2D eigenvalue weighted by molar-refractivity contribution is 14.1. The highest BCUT2D eigenvalue weighted by atomic mass is 127. The van der Waals surface area contributed by atoms with Gasteiger partial charge in [0.05, 0.1) is 18.8 Å². The summed E-state index contributed by atoms with van der Waals surface area (Å²) in [7, 11) is 0. The molecule has 0 spiro atoms. The zero-order valence-corrected chi connectivity index (χ0v) is 15.0. The molecule has 0 atom stereocenters. The lowest BCUT2D eigenvalue weighted by Gasteiger charge is -2.26. The van der Waals surface area contributed by atoms with E-state index in [0.29, 0.717) is 5.56 Å². The number of benzene rings is 2. The molecule has 1 aliphatic rings. The van der Waals surface area contributed by atoms with E-state index in [2.05, 4.69) is 44.9 Å². The number of nitrogens with one attached hydrogen (secondary N) is 1. The van der Waals surface area contributed by atoms with Crippen LogP contribution in [0.15, 0.2) is 48.5 Å². The van der Waals surface area contributed by atoms with Gasteiger partial charge < -0.3 is 10.1 Å². The molecule has 2 aromatic rings. The Morgan fingerprint density at radius 2 is 1.78 bits per heavy atom. The molecule has 4 nitrogen and oxygen atoms in total. The fraction of sp³-hybridized carbons (Fsp3) is 0.278. The number of carbonyl (C=O) groups excluding carboxylic acids is 1. The van der Waals surface area contributed by atoms with Crippen LogP contribution < -0.4 is 5.32 Å². The molecular weight excluding hydrogens is 403 g/mol. The van der Waals surface area contributed by atoms with Gasteiger partial charge in [0.25, 0.3) is 5.91 Å². The molecule has 0 aliphatic carbocycles. The van der Waals surface area contributed by atoms with E-state index in [1.807, 2.05) is 36.4 Å². The summed E-state index contributed by atoms with van der Waals surface area (Å²) < 4.78 is 6.31. The Balaban J connectivity index is 1.61. The fourth-order valence-electron chi connectivity index (χ4n) is 2.55. The third-order valence-corrected chi connectivity index (χ3v) is 4.78.